The molecule has 0 aliphatic carbocycles. The molecule has 0 aromatic carbocycles. The lowest BCUT2D eigenvalue weighted by Gasteiger charge is -2.48. The van der Waals surface area contributed by atoms with E-state index in [2.05, 4.69) is 37.9 Å². The van der Waals surface area contributed by atoms with Crippen LogP contribution in [0.2, 0.25) is 0 Å². The van der Waals surface area contributed by atoms with Crippen LogP contribution in [0.15, 0.2) is 0 Å². The maximum absolute atomic E-state index is 5.47. The zero-order valence-corrected chi connectivity index (χ0v) is 12.5. The summed E-state index contributed by atoms with van der Waals surface area (Å²) >= 11 is 0. The summed E-state index contributed by atoms with van der Waals surface area (Å²) in [5, 5.41) is 3.71. The largest absolute Gasteiger partial charge is 0.381 e. The van der Waals surface area contributed by atoms with Gasteiger partial charge in [0.2, 0.25) is 0 Å². The summed E-state index contributed by atoms with van der Waals surface area (Å²) in [5.74, 6) is 1.56. The molecule has 3 nitrogen and oxygen atoms in total. The molecular weight excluding hydrogens is 224 g/mol. The fraction of sp³-hybridized carbons (Fsp3) is 1.00. The van der Waals surface area contributed by atoms with Crippen molar-refractivity contribution < 1.29 is 4.74 Å². The minimum atomic E-state index is 0.295. The van der Waals surface area contributed by atoms with Gasteiger partial charge in [-0.25, -0.2) is 0 Å². The molecule has 2 heterocycles. The van der Waals surface area contributed by atoms with E-state index in [4.69, 9.17) is 4.74 Å². The first-order valence-corrected chi connectivity index (χ1v) is 7.55. The lowest BCUT2D eigenvalue weighted by Crippen LogP contribution is -2.63. The number of ether oxygens (including phenoxy) is 1. The predicted molar refractivity (Wildman–Crippen MR) is 75.8 cm³/mol. The Bertz CT molecular complexity index is 259. The Hall–Kier alpha value is -0.120. The highest BCUT2D eigenvalue weighted by atomic mass is 16.5. The number of hydrogen-bond acceptors (Lipinski definition) is 3. The van der Waals surface area contributed by atoms with Gasteiger partial charge >= 0.3 is 0 Å². The predicted octanol–water partition coefficient (Wildman–Crippen LogP) is 2.12. The van der Waals surface area contributed by atoms with E-state index < -0.39 is 0 Å². The van der Waals surface area contributed by atoms with Gasteiger partial charge in [0, 0.05) is 44.4 Å². The van der Waals surface area contributed by atoms with Gasteiger partial charge in [-0.1, -0.05) is 13.8 Å². The first-order chi connectivity index (χ1) is 8.49. The van der Waals surface area contributed by atoms with Crippen molar-refractivity contribution in [2.45, 2.75) is 52.1 Å². The highest BCUT2D eigenvalue weighted by Gasteiger charge is 2.36. The van der Waals surface area contributed by atoms with Crippen LogP contribution in [0.1, 0.15) is 40.5 Å². The minimum Gasteiger partial charge on any atom is -0.381 e. The van der Waals surface area contributed by atoms with Crippen LogP contribution in [0.4, 0.5) is 0 Å². The molecule has 2 aliphatic heterocycles. The molecule has 106 valence electrons. The lowest BCUT2D eigenvalue weighted by atomic mass is 9.90. The molecule has 0 aromatic heterocycles. The van der Waals surface area contributed by atoms with E-state index in [1.807, 2.05) is 0 Å². The van der Waals surface area contributed by atoms with Gasteiger partial charge in [-0.3, -0.25) is 4.90 Å². The maximum atomic E-state index is 5.47. The number of hydrogen-bond donors (Lipinski definition) is 1. The smallest absolute Gasteiger partial charge is 0.0469 e. The minimum absolute atomic E-state index is 0.295. The van der Waals surface area contributed by atoms with Crippen molar-refractivity contribution >= 4 is 0 Å². The Balaban J connectivity index is 1.93. The lowest BCUT2D eigenvalue weighted by molar-refractivity contribution is 0.00736. The van der Waals surface area contributed by atoms with E-state index in [1.54, 1.807) is 0 Å². The number of rotatable bonds is 3. The monoisotopic (exact) mass is 254 g/mol. The molecule has 18 heavy (non-hydrogen) atoms. The molecule has 0 saturated carbocycles. The van der Waals surface area contributed by atoms with Crippen molar-refractivity contribution in [2.24, 2.45) is 11.8 Å². The van der Waals surface area contributed by atoms with Crippen LogP contribution in [0, 0.1) is 11.8 Å². The van der Waals surface area contributed by atoms with Gasteiger partial charge < -0.3 is 10.1 Å². The second-order valence-electron chi connectivity index (χ2n) is 7.00. The standard InChI is InChI=1S/C15H30N2O/c1-12(2)14-10-17(15(3,4)11-16-14)9-13-5-7-18-8-6-13/h12-14,16H,5-11H2,1-4H3. The van der Waals surface area contributed by atoms with Crippen LogP contribution in [-0.2, 0) is 4.74 Å². The van der Waals surface area contributed by atoms with Gasteiger partial charge in [-0.15, -0.1) is 0 Å². The molecule has 2 saturated heterocycles. The molecule has 0 radical (unpaired) electrons. The van der Waals surface area contributed by atoms with Crippen LogP contribution in [-0.4, -0.2) is 49.3 Å². The van der Waals surface area contributed by atoms with E-state index in [9.17, 15) is 0 Å². The molecule has 2 fully saturated rings. The topological polar surface area (TPSA) is 24.5 Å². The van der Waals surface area contributed by atoms with Gasteiger partial charge in [0.05, 0.1) is 0 Å². The van der Waals surface area contributed by atoms with E-state index >= 15 is 0 Å². The third-order valence-corrected chi connectivity index (χ3v) is 4.69. The molecule has 0 amide bonds. The normalized spacial score (nSPS) is 30.8. The summed E-state index contributed by atoms with van der Waals surface area (Å²) in [7, 11) is 0. The Morgan fingerprint density at radius 1 is 1.28 bits per heavy atom. The summed E-state index contributed by atoms with van der Waals surface area (Å²) < 4.78 is 5.47. The van der Waals surface area contributed by atoms with Gasteiger partial charge in [-0.2, -0.15) is 0 Å². The van der Waals surface area contributed by atoms with Gasteiger partial charge in [0.25, 0.3) is 0 Å². The molecule has 2 aliphatic rings. The Kier molecular flexibility index (Phi) is 4.68. The van der Waals surface area contributed by atoms with Crippen molar-refractivity contribution in [1.82, 2.24) is 10.2 Å². The van der Waals surface area contributed by atoms with Gasteiger partial charge in [0.1, 0.15) is 0 Å². The fourth-order valence-electron chi connectivity index (χ4n) is 3.05. The number of piperazine rings is 1. The van der Waals surface area contributed by atoms with Gasteiger partial charge in [0.15, 0.2) is 0 Å². The highest BCUT2D eigenvalue weighted by molar-refractivity contribution is 4.94. The van der Waals surface area contributed by atoms with Crippen LogP contribution < -0.4 is 5.32 Å². The molecule has 0 aromatic rings. The van der Waals surface area contributed by atoms with E-state index in [0.717, 1.165) is 31.6 Å². The summed E-state index contributed by atoms with van der Waals surface area (Å²) in [6, 6.07) is 0.651. The Labute approximate surface area is 112 Å². The Morgan fingerprint density at radius 3 is 2.56 bits per heavy atom. The van der Waals surface area contributed by atoms with Crippen LogP contribution in [0.5, 0.6) is 0 Å². The average Bonchev–Trinajstić information content (AvgIpc) is 2.33. The molecule has 1 N–H and O–H groups in total. The molecule has 2 rings (SSSR count). The molecule has 0 spiro atoms. The second-order valence-corrected chi connectivity index (χ2v) is 7.00. The third kappa shape index (κ3) is 3.46. The Morgan fingerprint density at radius 2 is 1.94 bits per heavy atom. The zero-order chi connectivity index (χ0) is 13.2. The molecular formula is C15H30N2O. The molecule has 1 unspecified atom stereocenters. The summed E-state index contributed by atoms with van der Waals surface area (Å²) in [4.78, 5) is 2.71. The highest BCUT2D eigenvalue weighted by Crippen LogP contribution is 2.25. The van der Waals surface area contributed by atoms with Crippen LogP contribution >= 0.6 is 0 Å². The van der Waals surface area contributed by atoms with Crippen LogP contribution in [0.3, 0.4) is 0 Å². The first-order valence-electron chi connectivity index (χ1n) is 7.55. The summed E-state index contributed by atoms with van der Waals surface area (Å²) in [5.41, 5.74) is 0.295. The van der Waals surface area contributed by atoms with Crippen molar-refractivity contribution in [3.63, 3.8) is 0 Å². The zero-order valence-electron chi connectivity index (χ0n) is 12.5. The van der Waals surface area contributed by atoms with E-state index in [-0.39, 0.29) is 0 Å². The number of nitrogens with one attached hydrogen (secondary N) is 1. The van der Waals surface area contributed by atoms with Crippen molar-refractivity contribution in [3.05, 3.63) is 0 Å². The SMILES string of the molecule is CC(C)C1CN(CC2CCOCC2)C(C)(C)CN1. The van der Waals surface area contributed by atoms with Crippen LogP contribution in [0.25, 0.3) is 0 Å². The van der Waals surface area contributed by atoms with Gasteiger partial charge in [-0.05, 0) is 38.5 Å². The quantitative estimate of drug-likeness (QED) is 0.835. The van der Waals surface area contributed by atoms with E-state index in [1.165, 1.54) is 25.9 Å². The maximum Gasteiger partial charge on any atom is 0.0469 e. The van der Waals surface area contributed by atoms with Crippen molar-refractivity contribution in [2.75, 3.05) is 32.8 Å². The number of nitrogens with zero attached hydrogens (tertiary/aromatic N) is 1. The fourth-order valence-corrected chi connectivity index (χ4v) is 3.05. The second kappa shape index (κ2) is 5.89. The summed E-state index contributed by atoms with van der Waals surface area (Å²) in [6.45, 7) is 14.9. The molecule has 3 heteroatoms. The van der Waals surface area contributed by atoms with Crippen molar-refractivity contribution in [3.8, 4) is 0 Å². The average molecular weight is 254 g/mol. The third-order valence-electron chi connectivity index (χ3n) is 4.69. The summed E-state index contributed by atoms with van der Waals surface area (Å²) in [6.07, 6.45) is 2.48. The van der Waals surface area contributed by atoms with E-state index in [0.29, 0.717) is 11.6 Å². The first kappa shape index (κ1) is 14.3. The molecule has 0 bridgehead atoms. The van der Waals surface area contributed by atoms with Crippen molar-refractivity contribution in [1.29, 1.82) is 0 Å². The molecule has 1 atom stereocenters.